The highest BCUT2D eigenvalue weighted by atomic mass is 16.8. The van der Waals surface area contributed by atoms with Crippen LogP contribution in [0, 0.1) is 5.21 Å². The van der Waals surface area contributed by atoms with E-state index in [0.717, 1.165) is 11.9 Å². The lowest BCUT2D eigenvalue weighted by Gasteiger charge is -2.09. The third-order valence-corrected chi connectivity index (χ3v) is 1.10. The molecule has 0 unspecified atom stereocenters. The summed E-state index contributed by atoms with van der Waals surface area (Å²) in [6.07, 6.45) is 0. The summed E-state index contributed by atoms with van der Waals surface area (Å²) in [6, 6.07) is 0. The van der Waals surface area contributed by atoms with Crippen molar-refractivity contribution < 1.29 is 29.2 Å². The van der Waals surface area contributed by atoms with Crippen LogP contribution in [0.15, 0.2) is 5.28 Å². The van der Waals surface area contributed by atoms with Crippen molar-refractivity contribution in [3.63, 3.8) is 0 Å². The summed E-state index contributed by atoms with van der Waals surface area (Å²) in [7, 11) is 1.21. The van der Waals surface area contributed by atoms with E-state index >= 15 is 0 Å². The Morgan fingerprint density at radius 2 is 2.20 bits per heavy atom. The molecule has 9 nitrogen and oxygen atoms in total. The lowest BCUT2D eigenvalue weighted by Crippen LogP contribution is -2.31. The van der Waals surface area contributed by atoms with E-state index in [2.05, 4.69) is 14.9 Å². The zero-order valence-electron chi connectivity index (χ0n) is 8.24. The largest absolute Gasteiger partial charge is 0.569 e. The number of nitrogens with zero attached hydrogens (tertiary/aromatic N) is 3. The number of rotatable bonds is 6. The second kappa shape index (κ2) is 6.40. The average Bonchev–Trinajstić information content (AvgIpc) is 2.10. The van der Waals surface area contributed by atoms with E-state index in [0.29, 0.717) is 0 Å². The minimum atomic E-state index is -1.19. The standard InChI is InChI=1S/C6H11N3O6/c1-5(10)14-4-15-7-9(13)8(2)3-6(11)12/h3-4H2,1-2H3,(H,11,12)/b9-7-. The maximum Gasteiger partial charge on any atom is 0.329 e. The Morgan fingerprint density at radius 3 is 2.67 bits per heavy atom. The van der Waals surface area contributed by atoms with Crippen LogP contribution in [0.4, 0.5) is 0 Å². The van der Waals surface area contributed by atoms with Crippen LogP contribution < -0.4 is 0 Å². The summed E-state index contributed by atoms with van der Waals surface area (Å²) in [6.45, 7) is 0.133. The van der Waals surface area contributed by atoms with Crippen molar-refractivity contribution in [2.75, 3.05) is 20.4 Å². The molecule has 9 heteroatoms. The molecular formula is C6H11N3O6. The van der Waals surface area contributed by atoms with Gasteiger partial charge in [0.15, 0.2) is 6.54 Å². The fourth-order valence-electron chi connectivity index (χ4n) is 0.501. The van der Waals surface area contributed by atoms with Gasteiger partial charge in [0.2, 0.25) is 5.28 Å². The predicted molar refractivity (Wildman–Crippen MR) is 44.0 cm³/mol. The second-order valence-electron chi connectivity index (χ2n) is 2.43. The number of carbonyl (C=O) groups excluding carboxylic acids is 1. The van der Waals surface area contributed by atoms with Gasteiger partial charge in [0, 0.05) is 6.92 Å². The molecule has 0 atom stereocenters. The lowest BCUT2D eigenvalue weighted by molar-refractivity contribution is -0.704. The van der Waals surface area contributed by atoms with Crippen molar-refractivity contribution in [3.8, 4) is 0 Å². The molecule has 0 fully saturated rings. The molecule has 0 spiro atoms. The Morgan fingerprint density at radius 1 is 1.60 bits per heavy atom. The highest BCUT2D eigenvalue weighted by molar-refractivity contribution is 5.68. The van der Waals surface area contributed by atoms with Gasteiger partial charge in [-0.1, -0.05) is 0 Å². The molecule has 0 bridgehead atoms. The normalized spacial score (nSPS) is 10.7. The number of hydrazine groups is 1. The van der Waals surface area contributed by atoms with Crippen molar-refractivity contribution in [3.05, 3.63) is 5.21 Å². The molecule has 0 aromatic heterocycles. The van der Waals surface area contributed by atoms with Crippen molar-refractivity contribution >= 4 is 11.9 Å². The highest BCUT2D eigenvalue weighted by Crippen LogP contribution is 1.88. The molecule has 0 aliphatic heterocycles. The Balaban J connectivity index is 3.86. The number of likely N-dealkylation sites (N-methyl/N-ethyl adjacent to an activating group) is 1. The van der Waals surface area contributed by atoms with Crippen LogP contribution in [0.2, 0.25) is 0 Å². The summed E-state index contributed by atoms with van der Waals surface area (Å²) in [5, 5.41) is 22.8. The summed E-state index contributed by atoms with van der Waals surface area (Å²) in [5.41, 5.74) is 0. The first-order chi connectivity index (χ1) is 6.93. The third-order valence-electron chi connectivity index (χ3n) is 1.10. The van der Waals surface area contributed by atoms with Gasteiger partial charge in [0.1, 0.15) is 0 Å². The second-order valence-corrected chi connectivity index (χ2v) is 2.43. The zero-order valence-corrected chi connectivity index (χ0v) is 8.24. The smallest absolute Gasteiger partial charge is 0.329 e. The number of ether oxygens (including phenoxy) is 1. The van der Waals surface area contributed by atoms with Gasteiger partial charge in [0.25, 0.3) is 6.79 Å². The number of hydrogen-bond acceptors (Lipinski definition) is 6. The maximum absolute atomic E-state index is 10.9. The van der Waals surface area contributed by atoms with Crippen LogP contribution in [0.25, 0.3) is 0 Å². The van der Waals surface area contributed by atoms with Gasteiger partial charge in [0.05, 0.1) is 12.0 Å². The molecule has 86 valence electrons. The number of carboxylic acids is 1. The first-order valence-electron chi connectivity index (χ1n) is 3.80. The Kier molecular flexibility index (Phi) is 5.52. The molecule has 15 heavy (non-hydrogen) atoms. The lowest BCUT2D eigenvalue weighted by atomic mass is 10.7. The van der Waals surface area contributed by atoms with Crippen molar-refractivity contribution in [2.24, 2.45) is 5.28 Å². The molecule has 0 aliphatic carbocycles. The van der Waals surface area contributed by atoms with Gasteiger partial charge in [-0.25, -0.2) is 0 Å². The Labute approximate surface area is 85.0 Å². The van der Waals surface area contributed by atoms with Crippen LogP contribution in [0.3, 0.4) is 0 Å². The fraction of sp³-hybridized carbons (Fsp3) is 0.667. The third kappa shape index (κ3) is 7.05. The summed E-state index contributed by atoms with van der Waals surface area (Å²) < 4.78 is 4.30. The zero-order chi connectivity index (χ0) is 11.8. The molecule has 0 amide bonds. The fourth-order valence-corrected chi connectivity index (χ4v) is 0.501. The molecule has 0 radical (unpaired) electrons. The van der Waals surface area contributed by atoms with Gasteiger partial charge < -0.3 is 19.9 Å². The molecule has 0 aliphatic rings. The van der Waals surface area contributed by atoms with E-state index in [9.17, 15) is 14.8 Å². The number of aliphatic carboxylic acids is 1. The van der Waals surface area contributed by atoms with Crippen LogP contribution in [0.5, 0.6) is 0 Å². The van der Waals surface area contributed by atoms with E-state index < -0.39 is 25.3 Å². The van der Waals surface area contributed by atoms with Crippen LogP contribution in [0.1, 0.15) is 6.92 Å². The number of carboxylic acid groups (broad SMARTS) is 1. The summed E-state index contributed by atoms with van der Waals surface area (Å²) >= 11 is 0. The van der Waals surface area contributed by atoms with E-state index in [1.807, 2.05) is 0 Å². The topological polar surface area (TPSA) is 114 Å². The quantitative estimate of drug-likeness (QED) is 0.158. The minimum Gasteiger partial charge on any atom is -0.569 e. The van der Waals surface area contributed by atoms with Gasteiger partial charge >= 0.3 is 11.9 Å². The van der Waals surface area contributed by atoms with Crippen molar-refractivity contribution in [1.82, 2.24) is 5.01 Å². The molecule has 0 heterocycles. The SMILES string of the molecule is CC(=O)OCO/N=[N+](\[O-])N(C)CC(=O)O. The van der Waals surface area contributed by atoms with Gasteiger partial charge in [-0.2, -0.15) is 0 Å². The molecule has 0 saturated carbocycles. The first-order valence-corrected chi connectivity index (χ1v) is 3.80. The van der Waals surface area contributed by atoms with Crippen molar-refractivity contribution in [1.29, 1.82) is 0 Å². The summed E-state index contributed by atoms with van der Waals surface area (Å²) in [5.74, 6) is -1.77. The number of carbonyl (C=O) groups is 2. The first kappa shape index (κ1) is 12.9. The monoisotopic (exact) mass is 221 g/mol. The number of esters is 1. The van der Waals surface area contributed by atoms with Crippen LogP contribution in [-0.4, -0.2) is 47.4 Å². The minimum absolute atomic E-state index is 0.0718. The van der Waals surface area contributed by atoms with E-state index in [1.165, 1.54) is 7.05 Å². The molecular weight excluding hydrogens is 210 g/mol. The molecule has 0 rings (SSSR count). The van der Waals surface area contributed by atoms with E-state index in [1.54, 1.807) is 0 Å². The van der Waals surface area contributed by atoms with E-state index in [-0.39, 0.29) is 4.97 Å². The predicted octanol–water partition coefficient (Wildman–Crippen LogP) is -0.667. The molecule has 0 saturated heterocycles. The molecule has 0 aromatic rings. The van der Waals surface area contributed by atoms with E-state index in [4.69, 9.17) is 5.11 Å². The average molecular weight is 221 g/mol. The Bertz CT molecular complexity index is 266. The summed E-state index contributed by atoms with van der Waals surface area (Å²) in [4.78, 5) is 24.6. The van der Waals surface area contributed by atoms with Crippen LogP contribution in [-0.2, 0) is 19.2 Å². The molecule has 1 N–H and O–H groups in total. The Hall–Kier alpha value is -2.06. The maximum atomic E-state index is 10.9. The van der Waals surface area contributed by atoms with Gasteiger partial charge in [-0.15, -0.1) is 5.01 Å². The number of hydrogen-bond donors (Lipinski definition) is 1. The highest BCUT2D eigenvalue weighted by Gasteiger charge is 2.10. The van der Waals surface area contributed by atoms with Crippen molar-refractivity contribution in [2.45, 2.75) is 6.92 Å². The van der Waals surface area contributed by atoms with Gasteiger partial charge in [-0.3, -0.25) is 9.59 Å². The molecule has 0 aromatic carbocycles. The van der Waals surface area contributed by atoms with Crippen LogP contribution >= 0.6 is 0 Å². The van der Waals surface area contributed by atoms with Gasteiger partial charge in [-0.05, 0) is 0 Å².